The zero-order valence-electron chi connectivity index (χ0n) is 12.8. The molecule has 2 aliphatic rings. The maximum absolute atomic E-state index is 5.57. The topological polar surface area (TPSA) is 61.0 Å². The van der Waals surface area contributed by atoms with Gasteiger partial charge in [0.15, 0.2) is 28.1 Å². The van der Waals surface area contributed by atoms with Gasteiger partial charge >= 0.3 is 0 Å². The molecule has 0 saturated heterocycles. The number of nitrogens with one attached hydrogen (secondary N) is 2. The normalized spacial score (nSPS) is 14.7. The minimum Gasteiger partial charge on any atom is -0.486 e. The number of hydrogen-bond donors (Lipinski definition) is 2. The van der Waals surface area contributed by atoms with E-state index in [1.54, 1.807) is 0 Å². The number of benzene rings is 2. The van der Waals surface area contributed by atoms with Crippen LogP contribution in [0.2, 0.25) is 0 Å². The maximum atomic E-state index is 5.57. The Balaban J connectivity index is 1.43. The van der Waals surface area contributed by atoms with Gasteiger partial charge in [-0.25, -0.2) is 0 Å². The molecule has 0 fully saturated rings. The fraction of sp³-hybridized carbons (Fsp3) is 0.235. The molecule has 124 valence electrons. The molecule has 0 spiro atoms. The molecule has 2 aromatic rings. The number of ether oxygens (including phenoxy) is 4. The van der Waals surface area contributed by atoms with Crippen LogP contribution in [0.3, 0.4) is 0 Å². The smallest absolute Gasteiger partial charge is 0.175 e. The molecule has 0 atom stereocenters. The molecule has 24 heavy (non-hydrogen) atoms. The van der Waals surface area contributed by atoms with E-state index in [0.29, 0.717) is 43.0 Å². The predicted octanol–water partition coefficient (Wildman–Crippen LogP) is 3.04. The molecule has 6 nitrogen and oxygen atoms in total. The van der Waals surface area contributed by atoms with Crippen molar-refractivity contribution in [2.45, 2.75) is 0 Å². The second kappa shape index (κ2) is 6.45. The molecule has 2 aromatic carbocycles. The van der Waals surface area contributed by atoms with Gasteiger partial charge in [-0.15, -0.1) is 0 Å². The Hall–Kier alpha value is -2.67. The van der Waals surface area contributed by atoms with Crippen LogP contribution in [0.4, 0.5) is 11.4 Å². The number of hydrogen-bond acceptors (Lipinski definition) is 5. The summed E-state index contributed by atoms with van der Waals surface area (Å²) >= 11 is 5.36. The molecule has 4 rings (SSSR count). The molecule has 7 heteroatoms. The highest BCUT2D eigenvalue weighted by Crippen LogP contribution is 2.34. The first kappa shape index (κ1) is 14.9. The van der Waals surface area contributed by atoms with Gasteiger partial charge in [0.2, 0.25) is 0 Å². The van der Waals surface area contributed by atoms with Crippen molar-refractivity contribution in [3.8, 4) is 23.0 Å². The Bertz CT molecular complexity index is 718. The summed E-state index contributed by atoms with van der Waals surface area (Å²) in [6.07, 6.45) is 0. The van der Waals surface area contributed by atoms with Gasteiger partial charge in [-0.3, -0.25) is 0 Å². The van der Waals surface area contributed by atoms with Gasteiger partial charge in [0.05, 0.1) is 0 Å². The lowest BCUT2D eigenvalue weighted by Crippen LogP contribution is -2.20. The summed E-state index contributed by atoms with van der Waals surface area (Å²) in [6.45, 7) is 2.25. The lowest BCUT2D eigenvalue weighted by molar-refractivity contribution is 0.171. The van der Waals surface area contributed by atoms with E-state index in [9.17, 15) is 0 Å². The fourth-order valence-electron chi connectivity index (χ4n) is 2.54. The maximum Gasteiger partial charge on any atom is 0.175 e. The van der Waals surface area contributed by atoms with E-state index < -0.39 is 0 Å². The number of fused-ring (bicyclic) bond motifs is 2. The van der Waals surface area contributed by atoms with E-state index in [2.05, 4.69) is 10.6 Å². The molecular formula is C17H16N2O4S. The van der Waals surface area contributed by atoms with Gasteiger partial charge in [0.25, 0.3) is 0 Å². The predicted molar refractivity (Wildman–Crippen MR) is 94.7 cm³/mol. The molecule has 0 radical (unpaired) electrons. The van der Waals surface area contributed by atoms with Crippen LogP contribution in [0.5, 0.6) is 23.0 Å². The Morgan fingerprint density at radius 3 is 1.54 bits per heavy atom. The monoisotopic (exact) mass is 344 g/mol. The average molecular weight is 344 g/mol. The highest BCUT2D eigenvalue weighted by Gasteiger charge is 2.14. The van der Waals surface area contributed by atoms with Crippen molar-refractivity contribution in [1.29, 1.82) is 0 Å². The first-order valence-corrected chi connectivity index (χ1v) is 8.06. The molecule has 0 unspecified atom stereocenters. The number of anilines is 2. The molecule has 0 aromatic heterocycles. The highest BCUT2D eigenvalue weighted by atomic mass is 32.1. The van der Waals surface area contributed by atoms with Gasteiger partial charge < -0.3 is 29.6 Å². The third kappa shape index (κ3) is 3.16. The van der Waals surface area contributed by atoms with E-state index in [1.165, 1.54) is 0 Å². The zero-order valence-corrected chi connectivity index (χ0v) is 13.7. The number of rotatable bonds is 2. The Morgan fingerprint density at radius 1 is 0.667 bits per heavy atom. The molecule has 0 saturated carbocycles. The van der Waals surface area contributed by atoms with E-state index >= 15 is 0 Å². The third-order valence-corrected chi connectivity index (χ3v) is 3.80. The van der Waals surface area contributed by atoms with Gasteiger partial charge in [-0.05, 0) is 36.5 Å². The molecule has 2 aliphatic heterocycles. The summed E-state index contributed by atoms with van der Waals surface area (Å²) in [6, 6.07) is 11.3. The van der Waals surface area contributed by atoms with Crippen LogP contribution >= 0.6 is 12.2 Å². The quantitative estimate of drug-likeness (QED) is 0.812. The van der Waals surface area contributed by atoms with E-state index in [0.717, 1.165) is 22.9 Å². The van der Waals surface area contributed by atoms with E-state index in [4.69, 9.17) is 31.2 Å². The van der Waals surface area contributed by atoms with E-state index in [1.807, 2.05) is 36.4 Å². The Kier molecular flexibility index (Phi) is 4.00. The largest absolute Gasteiger partial charge is 0.486 e. The van der Waals surface area contributed by atoms with Crippen molar-refractivity contribution >= 4 is 28.7 Å². The highest BCUT2D eigenvalue weighted by molar-refractivity contribution is 7.80. The summed E-state index contributed by atoms with van der Waals surface area (Å²) in [4.78, 5) is 0. The van der Waals surface area contributed by atoms with Crippen LogP contribution in [-0.4, -0.2) is 31.5 Å². The van der Waals surface area contributed by atoms with Gasteiger partial charge in [0.1, 0.15) is 26.4 Å². The summed E-state index contributed by atoms with van der Waals surface area (Å²) in [5.41, 5.74) is 1.66. The summed E-state index contributed by atoms with van der Waals surface area (Å²) < 4.78 is 22.1. The summed E-state index contributed by atoms with van der Waals surface area (Å²) in [5.74, 6) is 2.93. The Morgan fingerprint density at radius 2 is 1.08 bits per heavy atom. The van der Waals surface area contributed by atoms with Crippen LogP contribution in [0, 0.1) is 0 Å². The van der Waals surface area contributed by atoms with Gasteiger partial charge in [-0.2, -0.15) is 0 Å². The van der Waals surface area contributed by atoms with Crippen LogP contribution < -0.4 is 29.6 Å². The Labute approximate surface area is 144 Å². The summed E-state index contributed by atoms with van der Waals surface area (Å²) in [5, 5.41) is 6.74. The molecule has 0 bridgehead atoms. The lowest BCUT2D eigenvalue weighted by Gasteiger charge is -2.20. The van der Waals surface area contributed by atoms with Crippen LogP contribution in [-0.2, 0) is 0 Å². The lowest BCUT2D eigenvalue weighted by atomic mass is 10.2. The van der Waals surface area contributed by atoms with Crippen molar-refractivity contribution in [2.24, 2.45) is 0 Å². The molecule has 2 N–H and O–H groups in total. The van der Waals surface area contributed by atoms with E-state index in [-0.39, 0.29) is 0 Å². The molecular weight excluding hydrogens is 328 g/mol. The van der Waals surface area contributed by atoms with Crippen molar-refractivity contribution < 1.29 is 18.9 Å². The van der Waals surface area contributed by atoms with Crippen molar-refractivity contribution in [3.05, 3.63) is 36.4 Å². The second-order valence-electron chi connectivity index (χ2n) is 5.30. The SMILES string of the molecule is S=C(Nc1ccc2c(c1)OCCO2)Nc1ccc2c(c1)OCCO2. The van der Waals surface area contributed by atoms with Crippen LogP contribution in [0.25, 0.3) is 0 Å². The summed E-state index contributed by atoms with van der Waals surface area (Å²) in [7, 11) is 0. The first-order valence-electron chi connectivity index (χ1n) is 7.65. The standard InChI is InChI=1S/C17H16N2O4S/c24-17(18-11-1-3-13-15(9-11)22-7-5-20-13)19-12-2-4-14-16(10-12)23-8-6-21-14/h1-4,9-10H,5-8H2,(H2,18,19,24). The van der Waals surface area contributed by atoms with Crippen molar-refractivity contribution in [1.82, 2.24) is 0 Å². The van der Waals surface area contributed by atoms with Gasteiger partial charge in [-0.1, -0.05) is 0 Å². The van der Waals surface area contributed by atoms with Gasteiger partial charge in [0, 0.05) is 23.5 Å². The second-order valence-corrected chi connectivity index (χ2v) is 5.70. The zero-order chi connectivity index (χ0) is 16.4. The number of thiocarbonyl (C=S) groups is 1. The van der Waals surface area contributed by atoms with Crippen molar-refractivity contribution in [2.75, 3.05) is 37.1 Å². The minimum atomic E-state index is 0.475. The van der Waals surface area contributed by atoms with Crippen molar-refractivity contribution in [3.63, 3.8) is 0 Å². The molecule has 2 heterocycles. The minimum absolute atomic E-state index is 0.475. The molecule has 0 amide bonds. The third-order valence-electron chi connectivity index (χ3n) is 3.60. The molecule has 0 aliphatic carbocycles. The van der Waals surface area contributed by atoms with Crippen LogP contribution in [0.1, 0.15) is 0 Å². The van der Waals surface area contributed by atoms with Crippen LogP contribution in [0.15, 0.2) is 36.4 Å². The fourth-order valence-corrected chi connectivity index (χ4v) is 2.77. The first-order chi connectivity index (χ1) is 11.8. The average Bonchev–Trinajstić information content (AvgIpc) is 2.61.